The normalized spacial score (nSPS) is 17.3. The lowest BCUT2D eigenvalue weighted by Crippen LogP contribution is -2.01. The summed E-state index contributed by atoms with van der Waals surface area (Å²) in [5.74, 6) is 0. The van der Waals surface area contributed by atoms with Gasteiger partial charge in [-0.2, -0.15) is 5.26 Å². The first kappa shape index (κ1) is 8.43. The molecule has 0 atom stereocenters. The van der Waals surface area contributed by atoms with Crippen LogP contribution in [0.2, 0.25) is 0 Å². The number of pyridine rings is 1. The third kappa shape index (κ3) is 1.20. The van der Waals surface area contributed by atoms with Crippen molar-refractivity contribution in [2.75, 3.05) is 0 Å². The first-order chi connectivity index (χ1) is 7.34. The molecule has 0 saturated heterocycles. The van der Waals surface area contributed by atoms with Crippen LogP contribution < -0.4 is 0 Å². The lowest BCUT2D eigenvalue weighted by Gasteiger charge is -2.06. The summed E-state index contributed by atoms with van der Waals surface area (Å²) in [5, 5.41) is 10.2. The second-order valence-electron chi connectivity index (χ2n) is 4.10. The Bertz CT molecular complexity index is 562. The van der Waals surface area contributed by atoms with E-state index in [0.29, 0.717) is 0 Å². The van der Waals surface area contributed by atoms with Gasteiger partial charge in [0, 0.05) is 11.6 Å². The molecular weight excluding hydrogens is 184 g/mol. The van der Waals surface area contributed by atoms with Gasteiger partial charge in [0.1, 0.15) is 0 Å². The Labute approximate surface area is 88.2 Å². The predicted molar refractivity (Wildman–Crippen MR) is 58.3 cm³/mol. The maximum atomic E-state index is 9.11. The quantitative estimate of drug-likeness (QED) is 0.699. The van der Waals surface area contributed by atoms with E-state index in [-0.39, 0.29) is 5.41 Å². The van der Waals surface area contributed by atoms with Crippen molar-refractivity contribution in [1.29, 1.82) is 5.26 Å². The van der Waals surface area contributed by atoms with Crippen LogP contribution in [0.5, 0.6) is 0 Å². The summed E-state index contributed by atoms with van der Waals surface area (Å²) in [7, 11) is 0. The van der Waals surface area contributed by atoms with Crippen LogP contribution in [0.4, 0.5) is 0 Å². The van der Waals surface area contributed by atoms with Crippen molar-refractivity contribution >= 4 is 10.9 Å². The molecule has 1 aliphatic carbocycles. The van der Waals surface area contributed by atoms with Gasteiger partial charge in [0.2, 0.25) is 0 Å². The smallest absolute Gasteiger partial charge is 0.0824 e. The zero-order valence-corrected chi connectivity index (χ0v) is 8.27. The molecule has 1 aromatic heterocycles. The summed E-state index contributed by atoms with van der Waals surface area (Å²) >= 11 is 0. The molecule has 72 valence electrons. The van der Waals surface area contributed by atoms with Crippen molar-refractivity contribution in [3.63, 3.8) is 0 Å². The van der Waals surface area contributed by atoms with Crippen LogP contribution in [0.25, 0.3) is 10.9 Å². The largest absolute Gasteiger partial charge is 0.256 e. The molecule has 2 aromatic rings. The fraction of sp³-hybridized carbons (Fsp3) is 0.231. The van der Waals surface area contributed by atoms with E-state index in [1.165, 1.54) is 0 Å². The third-order valence-corrected chi connectivity index (χ3v) is 3.12. The van der Waals surface area contributed by atoms with E-state index in [1.807, 2.05) is 18.2 Å². The molecule has 0 spiro atoms. The molecule has 0 bridgehead atoms. The fourth-order valence-corrected chi connectivity index (χ4v) is 1.95. The van der Waals surface area contributed by atoms with Crippen LogP contribution in [-0.4, -0.2) is 4.98 Å². The highest BCUT2D eigenvalue weighted by Gasteiger charge is 2.44. The molecule has 0 aliphatic heterocycles. The molecule has 1 aromatic carbocycles. The van der Waals surface area contributed by atoms with Gasteiger partial charge in [-0.15, -0.1) is 0 Å². The first-order valence-electron chi connectivity index (χ1n) is 5.11. The Morgan fingerprint density at radius 1 is 1.27 bits per heavy atom. The molecular formula is C13H10N2. The topological polar surface area (TPSA) is 36.7 Å². The van der Waals surface area contributed by atoms with Crippen LogP contribution in [0, 0.1) is 11.3 Å². The summed E-state index contributed by atoms with van der Waals surface area (Å²) in [4.78, 5) is 4.31. The van der Waals surface area contributed by atoms with E-state index < -0.39 is 0 Å². The second-order valence-corrected chi connectivity index (χ2v) is 4.10. The lowest BCUT2D eigenvalue weighted by molar-refractivity contribution is 0.910. The van der Waals surface area contributed by atoms with Gasteiger partial charge in [0.05, 0.1) is 17.0 Å². The summed E-state index contributed by atoms with van der Waals surface area (Å²) in [6.07, 6.45) is 3.77. The average Bonchev–Trinajstić information content (AvgIpc) is 3.09. The Hall–Kier alpha value is -1.88. The van der Waals surface area contributed by atoms with Gasteiger partial charge < -0.3 is 0 Å². The Balaban J connectivity index is 2.19. The van der Waals surface area contributed by atoms with Gasteiger partial charge in [-0.3, -0.25) is 4.98 Å². The van der Waals surface area contributed by atoms with E-state index in [1.54, 1.807) is 6.20 Å². The third-order valence-electron chi connectivity index (χ3n) is 3.12. The number of nitriles is 1. The second kappa shape index (κ2) is 2.80. The van der Waals surface area contributed by atoms with Gasteiger partial charge in [-0.05, 0) is 30.5 Å². The van der Waals surface area contributed by atoms with E-state index in [9.17, 15) is 0 Å². The molecule has 2 heteroatoms. The zero-order valence-electron chi connectivity index (χ0n) is 8.27. The molecule has 1 saturated carbocycles. The van der Waals surface area contributed by atoms with Crippen molar-refractivity contribution in [3.8, 4) is 6.07 Å². The van der Waals surface area contributed by atoms with Crippen LogP contribution in [-0.2, 0) is 5.41 Å². The summed E-state index contributed by atoms with van der Waals surface area (Å²) < 4.78 is 0. The minimum absolute atomic E-state index is 0.203. The van der Waals surface area contributed by atoms with Gasteiger partial charge in [-0.1, -0.05) is 18.2 Å². The number of benzene rings is 1. The number of rotatable bonds is 1. The standard InChI is InChI=1S/C13H10N2/c14-9-13(5-6-13)11-4-3-10-2-1-7-15-12(10)8-11/h1-4,7-8H,5-6H2. The van der Waals surface area contributed by atoms with Gasteiger partial charge in [0.15, 0.2) is 0 Å². The maximum Gasteiger partial charge on any atom is 0.0824 e. The van der Waals surface area contributed by atoms with Gasteiger partial charge in [-0.25, -0.2) is 0 Å². The van der Waals surface area contributed by atoms with Gasteiger partial charge >= 0.3 is 0 Å². The van der Waals surface area contributed by atoms with Crippen LogP contribution in [0.1, 0.15) is 18.4 Å². The molecule has 1 fully saturated rings. The summed E-state index contributed by atoms with van der Waals surface area (Å²) in [6, 6.07) is 12.5. The SMILES string of the molecule is N#CC1(c2ccc3cccnc3c2)CC1. The van der Waals surface area contributed by atoms with E-state index in [0.717, 1.165) is 29.3 Å². The van der Waals surface area contributed by atoms with Gasteiger partial charge in [0.25, 0.3) is 0 Å². The van der Waals surface area contributed by atoms with Crippen LogP contribution in [0.15, 0.2) is 36.5 Å². The average molecular weight is 194 g/mol. The molecule has 1 heterocycles. The highest BCUT2D eigenvalue weighted by Crippen LogP contribution is 2.47. The van der Waals surface area contributed by atoms with E-state index in [4.69, 9.17) is 5.26 Å². The molecule has 0 unspecified atom stereocenters. The summed E-state index contributed by atoms with van der Waals surface area (Å²) in [5.41, 5.74) is 1.90. The van der Waals surface area contributed by atoms with Crippen LogP contribution in [0.3, 0.4) is 0 Å². The predicted octanol–water partition coefficient (Wildman–Crippen LogP) is 2.79. The number of nitrogens with zero attached hydrogens (tertiary/aromatic N) is 2. The first-order valence-corrected chi connectivity index (χ1v) is 5.11. The number of fused-ring (bicyclic) bond motifs is 1. The van der Waals surface area contributed by atoms with Crippen molar-refractivity contribution in [1.82, 2.24) is 4.98 Å². The molecule has 1 aliphatic rings. The zero-order chi connectivity index (χ0) is 10.3. The van der Waals surface area contributed by atoms with E-state index >= 15 is 0 Å². The number of hydrogen-bond donors (Lipinski definition) is 0. The minimum atomic E-state index is -0.203. The van der Waals surface area contributed by atoms with Crippen LogP contribution >= 0.6 is 0 Å². The highest BCUT2D eigenvalue weighted by molar-refractivity contribution is 5.79. The Morgan fingerprint density at radius 2 is 2.13 bits per heavy atom. The molecule has 3 rings (SSSR count). The molecule has 0 N–H and O–H groups in total. The molecule has 0 radical (unpaired) electrons. The molecule has 2 nitrogen and oxygen atoms in total. The number of hydrogen-bond acceptors (Lipinski definition) is 2. The Morgan fingerprint density at radius 3 is 2.87 bits per heavy atom. The van der Waals surface area contributed by atoms with Crippen molar-refractivity contribution in [3.05, 3.63) is 42.1 Å². The van der Waals surface area contributed by atoms with Crippen molar-refractivity contribution in [2.24, 2.45) is 0 Å². The summed E-state index contributed by atoms with van der Waals surface area (Å²) in [6.45, 7) is 0. The fourth-order valence-electron chi connectivity index (χ4n) is 1.95. The maximum absolute atomic E-state index is 9.11. The number of aromatic nitrogens is 1. The van der Waals surface area contributed by atoms with Crippen molar-refractivity contribution < 1.29 is 0 Å². The lowest BCUT2D eigenvalue weighted by atomic mass is 9.96. The minimum Gasteiger partial charge on any atom is -0.256 e. The molecule has 15 heavy (non-hydrogen) atoms. The highest BCUT2D eigenvalue weighted by atomic mass is 14.6. The molecule has 0 amide bonds. The monoisotopic (exact) mass is 194 g/mol. The van der Waals surface area contributed by atoms with E-state index in [2.05, 4.69) is 23.2 Å². The Kier molecular flexibility index (Phi) is 1.58. The van der Waals surface area contributed by atoms with Crippen molar-refractivity contribution in [2.45, 2.75) is 18.3 Å².